The molecule has 0 aromatic carbocycles. The number of anilines is 2. The van der Waals surface area contributed by atoms with Gasteiger partial charge in [0.05, 0.1) is 18.1 Å². The number of alkyl carbamates (subject to hydrolysis) is 1. The molecule has 0 radical (unpaired) electrons. The molecule has 2 aliphatic rings. The number of morpholine rings is 1. The van der Waals surface area contributed by atoms with Crippen LogP contribution in [0.15, 0.2) is 12.1 Å². The van der Waals surface area contributed by atoms with Gasteiger partial charge < -0.3 is 19.7 Å². The van der Waals surface area contributed by atoms with Gasteiger partial charge in [-0.3, -0.25) is 15.5 Å². The van der Waals surface area contributed by atoms with E-state index in [9.17, 15) is 14.9 Å². The van der Waals surface area contributed by atoms with Crippen LogP contribution in [-0.4, -0.2) is 72.0 Å². The van der Waals surface area contributed by atoms with E-state index in [-0.39, 0.29) is 17.5 Å². The summed E-state index contributed by atoms with van der Waals surface area (Å²) in [7, 11) is 0. The Bertz CT molecular complexity index is 754. The first kappa shape index (κ1) is 22.0. The maximum atomic E-state index is 11.9. The Morgan fingerprint density at radius 3 is 2.50 bits per heavy atom. The summed E-state index contributed by atoms with van der Waals surface area (Å²) in [6.45, 7) is 9.32. The van der Waals surface area contributed by atoms with Crippen LogP contribution in [0.3, 0.4) is 0 Å². The molecule has 3 heterocycles. The Kier molecular flexibility index (Phi) is 6.93. The fourth-order valence-corrected chi connectivity index (χ4v) is 3.40. The highest BCUT2D eigenvalue weighted by Gasteiger charge is 2.26. The molecule has 2 saturated heterocycles. The average molecular weight is 422 g/mol. The topological polar surface area (TPSA) is 122 Å². The SMILES string of the molecule is CC(C)(C)OC(=O)NC1CCN(Nc2nc(N3CCOCC3)ccc2[N+](=O)[O-])CC1. The third kappa shape index (κ3) is 6.17. The van der Waals surface area contributed by atoms with Crippen LogP contribution in [0.1, 0.15) is 33.6 Å². The van der Waals surface area contributed by atoms with Crippen molar-refractivity contribution in [3.63, 3.8) is 0 Å². The lowest BCUT2D eigenvalue weighted by Crippen LogP contribution is -2.47. The Hall–Kier alpha value is -2.66. The van der Waals surface area contributed by atoms with Gasteiger partial charge in [-0.25, -0.2) is 14.8 Å². The van der Waals surface area contributed by atoms with Crippen LogP contribution in [0.5, 0.6) is 0 Å². The summed E-state index contributed by atoms with van der Waals surface area (Å²) < 4.78 is 10.7. The smallest absolute Gasteiger partial charge is 0.407 e. The van der Waals surface area contributed by atoms with Crippen LogP contribution < -0.4 is 15.6 Å². The molecule has 11 heteroatoms. The number of hydrogen-bond donors (Lipinski definition) is 2. The number of amides is 1. The van der Waals surface area contributed by atoms with Gasteiger partial charge in [0, 0.05) is 38.3 Å². The zero-order valence-corrected chi connectivity index (χ0v) is 17.7. The Morgan fingerprint density at radius 2 is 1.90 bits per heavy atom. The Labute approximate surface area is 175 Å². The second kappa shape index (κ2) is 9.43. The molecule has 2 N–H and O–H groups in total. The van der Waals surface area contributed by atoms with E-state index in [4.69, 9.17) is 9.47 Å². The quantitative estimate of drug-likeness (QED) is 0.543. The van der Waals surface area contributed by atoms with Gasteiger partial charge in [0.15, 0.2) is 0 Å². The largest absolute Gasteiger partial charge is 0.444 e. The molecular weight excluding hydrogens is 392 g/mol. The molecule has 1 aromatic rings. The van der Waals surface area contributed by atoms with Crippen LogP contribution in [0.25, 0.3) is 0 Å². The number of rotatable bonds is 5. The van der Waals surface area contributed by atoms with Crippen molar-refractivity contribution in [1.29, 1.82) is 0 Å². The first-order chi connectivity index (χ1) is 14.2. The number of nitrogens with one attached hydrogen (secondary N) is 2. The standard InChI is InChI=1S/C19H30N6O5/c1-19(2,3)30-18(26)20-14-6-8-24(9-7-14)22-17-15(25(27)28)4-5-16(21-17)23-10-12-29-13-11-23/h4-5,14H,6-13H2,1-3H3,(H,20,26)(H,21,22). The molecular formula is C19H30N6O5. The summed E-state index contributed by atoms with van der Waals surface area (Å²) in [6.07, 6.45) is 0.969. The first-order valence-corrected chi connectivity index (χ1v) is 10.2. The van der Waals surface area contributed by atoms with Crippen molar-refractivity contribution in [2.45, 2.75) is 45.3 Å². The van der Waals surface area contributed by atoms with Crippen molar-refractivity contribution in [2.24, 2.45) is 0 Å². The Balaban J connectivity index is 1.59. The number of pyridine rings is 1. The van der Waals surface area contributed by atoms with E-state index in [0.29, 0.717) is 58.1 Å². The second-order valence-corrected chi connectivity index (χ2v) is 8.41. The molecule has 0 atom stereocenters. The number of nitro groups is 1. The minimum Gasteiger partial charge on any atom is -0.444 e. The third-order valence-corrected chi connectivity index (χ3v) is 4.87. The number of hydrazine groups is 1. The molecule has 11 nitrogen and oxygen atoms in total. The first-order valence-electron chi connectivity index (χ1n) is 10.2. The van der Waals surface area contributed by atoms with Crippen molar-refractivity contribution >= 4 is 23.4 Å². The molecule has 1 aromatic heterocycles. The molecule has 2 aliphatic heterocycles. The van der Waals surface area contributed by atoms with E-state index in [1.807, 2.05) is 25.8 Å². The van der Waals surface area contributed by atoms with Crippen molar-refractivity contribution in [1.82, 2.24) is 15.3 Å². The lowest BCUT2D eigenvalue weighted by atomic mass is 10.1. The van der Waals surface area contributed by atoms with E-state index in [0.717, 1.165) is 0 Å². The number of aromatic nitrogens is 1. The van der Waals surface area contributed by atoms with Gasteiger partial charge in [0.2, 0.25) is 5.82 Å². The molecule has 2 fully saturated rings. The van der Waals surface area contributed by atoms with E-state index < -0.39 is 16.6 Å². The van der Waals surface area contributed by atoms with Gasteiger partial charge in [-0.05, 0) is 39.7 Å². The van der Waals surface area contributed by atoms with Gasteiger partial charge in [0.25, 0.3) is 0 Å². The van der Waals surface area contributed by atoms with Gasteiger partial charge in [0.1, 0.15) is 11.4 Å². The number of carbonyl (C=O) groups is 1. The maximum absolute atomic E-state index is 11.9. The van der Waals surface area contributed by atoms with E-state index in [1.54, 1.807) is 6.07 Å². The maximum Gasteiger partial charge on any atom is 0.407 e. The fraction of sp³-hybridized carbons (Fsp3) is 0.684. The molecule has 0 saturated carbocycles. The molecule has 0 unspecified atom stereocenters. The van der Waals surface area contributed by atoms with Gasteiger partial charge in [-0.1, -0.05) is 0 Å². The number of carbonyl (C=O) groups excluding carboxylic acids is 1. The van der Waals surface area contributed by atoms with Crippen LogP contribution in [-0.2, 0) is 9.47 Å². The van der Waals surface area contributed by atoms with Crippen molar-refractivity contribution in [3.8, 4) is 0 Å². The highest BCUT2D eigenvalue weighted by molar-refractivity contribution is 5.68. The predicted octanol–water partition coefficient (Wildman–Crippen LogP) is 2.14. The van der Waals surface area contributed by atoms with Crippen LogP contribution in [0, 0.1) is 10.1 Å². The highest BCUT2D eigenvalue weighted by atomic mass is 16.6. The fourth-order valence-electron chi connectivity index (χ4n) is 3.40. The molecule has 0 aliphatic carbocycles. The van der Waals surface area contributed by atoms with Crippen LogP contribution in [0.2, 0.25) is 0 Å². The van der Waals surface area contributed by atoms with E-state index in [1.165, 1.54) is 6.07 Å². The third-order valence-electron chi connectivity index (χ3n) is 4.87. The number of nitrogens with zero attached hydrogens (tertiary/aromatic N) is 4. The van der Waals surface area contributed by atoms with Crippen molar-refractivity contribution < 1.29 is 19.2 Å². The Morgan fingerprint density at radius 1 is 1.23 bits per heavy atom. The van der Waals surface area contributed by atoms with Crippen molar-refractivity contribution in [3.05, 3.63) is 22.2 Å². The zero-order valence-electron chi connectivity index (χ0n) is 17.7. The highest BCUT2D eigenvalue weighted by Crippen LogP contribution is 2.27. The summed E-state index contributed by atoms with van der Waals surface area (Å²) in [6, 6.07) is 3.16. The minimum absolute atomic E-state index is 0.000490. The monoisotopic (exact) mass is 422 g/mol. The van der Waals surface area contributed by atoms with Gasteiger partial charge in [-0.2, -0.15) is 0 Å². The molecule has 30 heavy (non-hydrogen) atoms. The minimum atomic E-state index is -0.539. The molecule has 0 spiro atoms. The summed E-state index contributed by atoms with van der Waals surface area (Å²) in [4.78, 5) is 29.5. The number of piperidine rings is 1. The molecule has 1 amide bonds. The molecule has 0 bridgehead atoms. The van der Waals surface area contributed by atoms with E-state index in [2.05, 4.69) is 20.6 Å². The van der Waals surface area contributed by atoms with Gasteiger partial charge in [-0.15, -0.1) is 0 Å². The van der Waals surface area contributed by atoms with E-state index >= 15 is 0 Å². The summed E-state index contributed by atoms with van der Waals surface area (Å²) in [5.41, 5.74) is 2.49. The number of hydrogen-bond acceptors (Lipinski definition) is 9. The van der Waals surface area contributed by atoms with Crippen LogP contribution in [0.4, 0.5) is 22.1 Å². The van der Waals surface area contributed by atoms with Crippen LogP contribution >= 0.6 is 0 Å². The lowest BCUT2D eigenvalue weighted by molar-refractivity contribution is -0.384. The average Bonchev–Trinajstić information content (AvgIpc) is 2.68. The zero-order chi connectivity index (χ0) is 21.7. The van der Waals surface area contributed by atoms with Crippen molar-refractivity contribution in [2.75, 3.05) is 49.7 Å². The normalized spacial score (nSPS) is 18.7. The summed E-state index contributed by atoms with van der Waals surface area (Å²) in [5.74, 6) is 0.912. The number of ether oxygens (including phenoxy) is 2. The lowest BCUT2D eigenvalue weighted by Gasteiger charge is -2.33. The van der Waals surface area contributed by atoms with Gasteiger partial charge >= 0.3 is 11.8 Å². The second-order valence-electron chi connectivity index (χ2n) is 8.41. The molecule has 3 rings (SSSR count). The molecule has 166 valence electrons. The summed E-state index contributed by atoms with van der Waals surface area (Å²) >= 11 is 0. The predicted molar refractivity (Wildman–Crippen MR) is 112 cm³/mol. The summed E-state index contributed by atoms with van der Waals surface area (Å²) in [5, 5.41) is 16.2.